The number of halogens is 1. The monoisotopic (exact) mass is 272 g/mol. The van der Waals surface area contributed by atoms with Gasteiger partial charge in [0.15, 0.2) is 0 Å². The highest BCUT2D eigenvalue weighted by molar-refractivity contribution is 9.10. The van der Waals surface area contributed by atoms with Crippen LogP contribution in [0.4, 0.5) is 0 Å². The zero-order chi connectivity index (χ0) is 11.1. The molecule has 84 valence electrons. The molecule has 0 aliphatic carbocycles. The van der Waals surface area contributed by atoms with E-state index in [9.17, 15) is 0 Å². The van der Waals surface area contributed by atoms with Crippen LogP contribution < -0.4 is 5.32 Å². The number of aromatic nitrogens is 1. The lowest BCUT2D eigenvalue weighted by Crippen LogP contribution is -2.25. The molecular weight excluding hydrogens is 256 g/mol. The van der Waals surface area contributed by atoms with E-state index in [4.69, 9.17) is 4.74 Å². The number of hydrogen-bond donors (Lipinski definition) is 1. The molecule has 3 nitrogen and oxygen atoms in total. The molecule has 0 saturated heterocycles. The van der Waals surface area contributed by atoms with E-state index in [0.29, 0.717) is 6.61 Å². The van der Waals surface area contributed by atoms with Crippen LogP contribution in [0, 0.1) is 0 Å². The Hall–Kier alpha value is -0.450. The van der Waals surface area contributed by atoms with E-state index in [0.717, 1.165) is 23.2 Å². The van der Waals surface area contributed by atoms with Gasteiger partial charge in [0.1, 0.15) is 0 Å². The van der Waals surface area contributed by atoms with Crippen LogP contribution in [0.5, 0.6) is 0 Å². The van der Waals surface area contributed by atoms with Gasteiger partial charge in [-0.05, 0) is 41.0 Å². The summed E-state index contributed by atoms with van der Waals surface area (Å²) in [6.07, 6.45) is 3.66. The molecule has 0 fully saturated rings. The van der Waals surface area contributed by atoms with Gasteiger partial charge in [-0.1, -0.05) is 6.92 Å². The molecule has 0 radical (unpaired) electrons. The van der Waals surface area contributed by atoms with Crippen molar-refractivity contribution in [2.24, 2.45) is 0 Å². The average molecular weight is 273 g/mol. The second-order valence-corrected chi connectivity index (χ2v) is 4.12. The predicted molar refractivity (Wildman–Crippen MR) is 64.8 cm³/mol. The van der Waals surface area contributed by atoms with E-state index in [2.05, 4.69) is 39.2 Å². The minimum atomic E-state index is 0.222. The second kappa shape index (κ2) is 6.93. The lowest BCUT2D eigenvalue weighted by Gasteiger charge is -2.17. The highest BCUT2D eigenvalue weighted by atomic mass is 79.9. The van der Waals surface area contributed by atoms with Gasteiger partial charge in [-0.15, -0.1) is 0 Å². The molecular formula is C11H17BrN2O. The molecule has 0 aliphatic heterocycles. The van der Waals surface area contributed by atoms with Crippen LogP contribution in [0.2, 0.25) is 0 Å². The van der Waals surface area contributed by atoms with Crippen molar-refractivity contribution in [1.82, 2.24) is 10.3 Å². The third-order valence-electron chi connectivity index (χ3n) is 2.07. The van der Waals surface area contributed by atoms with Crippen LogP contribution in [0.1, 0.15) is 25.5 Å². The fraction of sp³-hybridized carbons (Fsp3) is 0.545. The van der Waals surface area contributed by atoms with Crippen molar-refractivity contribution in [1.29, 1.82) is 0 Å². The normalized spacial score (nSPS) is 12.7. The lowest BCUT2D eigenvalue weighted by atomic mass is 10.1. The maximum atomic E-state index is 5.44. The van der Waals surface area contributed by atoms with Crippen molar-refractivity contribution in [3.05, 3.63) is 28.5 Å². The number of rotatable bonds is 6. The summed E-state index contributed by atoms with van der Waals surface area (Å²) < 4.78 is 6.44. The molecule has 0 saturated carbocycles. The van der Waals surface area contributed by atoms with E-state index in [1.54, 1.807) is 6.20 Å². The van der Waals surface area contributed by atoms with Crippen molar-refractivity contribution in [3.8, 4) is 0 Å². The predicted octanol–water partition coefficient (Wildman–Crippen LogP) is 2.53. The van der Waals surface area contributed by atoms with E-state index in [1.807, 2.05) is 13.1 Å². The third-order valence-corrected chi connectivity index (χ3v) is 2.50. The van der Waals surface area contributed by atoms with Crippen LogP contribution in [-0.4, -0.2) is 24.7 Å². The Morgan fingerprint density at radius 3 is 2.87 bits per heavy atom. The van der Waals surface area contributed by atoms with Crippen molar-refractivity contribution >= 4 is 15.9 Å². The maximum absolute atomic E-state index is 5.44. The highest BCUT2D eigenvalue weighted by Gasteiger charge is 2.10. The highest BCUT2D eigenvalue weighted by Crippen LogP contribution is 2.16. The largest absolute Gasteiger partial charge is 0.380 e. The number of likely N-dealkylation sites (N-methyl/N-ethyl adjacent to an activating group) is 1. The van der Waals surface area contributed by atoms with Gasteiger partial charge in [-0.2, -0.15) is 0 Å². The molecule has 0 spiro atoms. The van der Waals surface area contributed by atoms with Gasteiger partial charge in [-0.3, -0.25) is 4.98 Å². The van der Waals surface area contributed by atoms with Gasteiger partial charge >= 0.3 is 0 Å². The van der Waals surface area contributed by atoms with Crippen LogP contribution >= 0.6 is 15.9 Å². The van der Waals surface area contributed by atoms with Crippen LogP contribution in [0.25, 0.3) is 0 Å². The molecule has 4 heteroatoms. The van der Waals surface area contributed by atoms with Crippen LogP contribution in [0.15, 0.2) is 22.9 Å². The summed E-state index contributed by atoms with van der Waals surface area (Å²) in [5.74, 6) is 0. The molecule has 1 unspecified atom stereocenters. The fourth-order valence-electron chi connectivity index (χ4n) is 1.37. The summed E-state index contributed by atoms with van der Waals surface area (Å²) in [5, 5.41) is 3.38. The molecule has 1 N–H and O–H groups in total. The zero-order valence-corrected chi connectivity index (χ0v) is 10.8. The topological polar surface area (TPSA) is 34.1 Å². The molecule has 0 amide bonds. The van der Waals surface area contributed by atoms with Crippen molar-refractivity contribution < 1.29 is 4.74 Å². The quantitative estimate of drug-likeness (QED) is 0.864. The summed E-state index contributed by atoms with van der Waals surface area (Å²) in [7, 11) is 0. The fourth-order valence-corrected chi connectivity index (χ4v) is 1.76. The molecule has 15 heavy (non-hydrogen) atoms. The van der Waals surface area contributed by atoms with Gasteiger partial charge < -0.3 is 10.1 Å². The Morgan fingerprint density at radius 1 is 1.47 bits per heavy atom. The Bertz CT molecular complexity index is 294. The van der Waals surface area contributed by atoms with Crippen LogP contribution in [0.3, 0.4) is 0 Å². The first kappa shape index (κ1) is 12.6. The Balaban J connectivity index is 2.69. The number of pyridine rings is 1. The minimum absolute atomic E-state index is 0.222. The first-order valence-corrected chi connectivity index (χ1v) is 5.98. The van der Waals surface area contributed by atoms with Crippen molar-refractivity contribution in [2.75, 3.05) is 19.8 Å². The SMILES string of the molecule is CCNC(COCC)c1cncc(Br)c1. The summed E-state index contributed by atoms with van der Waals surface area (Å²) in [6, 6.07) is 2.29. The minimum Gasteiger partial charge on any atom is -0.380 e. The standard InChI is InChI=1S/C11H17BrN2O/c1-3-14-11(8-15-4-2)9-5-10(12)7-13-6-9/h5-7,11,14H,3-4,8H2,1-2H3. The average Bonchev–Trinajstić information content (AvgIpc) is 2.24. The molecule has 1 aromatic heterocycles. The Morgan fingerprint density at radius 2 is 2.27 bits per heavy atom. The van der Waals surface area contributed by atoms with Gasteiger partial charge in [-0.25, -0.2) is 0 Å². The summed E-state index contributed by atoms with van der Waals surface area (Å²) >= 11 is 3.42. The van der Waals surface area contributed by atoms with Crippen molar-refractivity contribution in [3.63, 3.8) is 0 Å². The lowest BCUT2D eigenvalue weighted by molar-refractivity contribution is 0.123. The van der Waals surface area contributed by atoms with Crippen LogP contribution in [-0.2, 0) is 4.74 Å². The van der Waals surface area contributed by atoms with Gasteiger partial charge in [0.2, 0.25) is 0 Å². The smallest absolute Gasteiger partial charge is 0.0661 e. The molecule has 1 rings (SSSR count). The van der Waals surface area contributed by atoms with E-state index in [-0.39, 0.29) is 6.04 Å². The molecule has 1 aromatic rings. The first-order valence-electron chi connectivity index (χ1n) is 5.19. The Labute approximate surface area is 99.4 Å². The van der Waals surface area contributed by atoms with Gasteiger partial charge in [0, 0.05) is 23.5 Å². The van der Waals surface area contributed by atoms with Gasteiger partial charge in [0.05, 0.1) is 12.6 Å². The molecule has 0 aromatic carbocycles. The maximum Gasteiger partial charge on any atom is 0.0661 e. The number of hydrogen-bond acceptors (Lipinski definition) is 3. The number of nitrogens with zero attached hydrogens (tertiary/aromatic N) is 1. The molecule has 1 heterocycles. The second-order valence-electron chi connectivity index (χ2n) is 3.21. The van der Waals surface area contributed by atoms with Crippen molar-refractivity contribution in [2.45, 2.75) is 19.9 Å². The van der Waals surface area contributed by atoms with E-state index in [1.165, 1.54) is 0 Å². The first-order chi connectivity index (χ1) is 7.27. The molecule has 0 bridgehead atoms. The third kappa shape index (κ3) is 4.28. The van der Waals surface area contributed by atoms with E-state index < -0.39 is 0 Å². The summed E-state index contributed by atoms with van der Waals surface area (Å²) in [4.78, 5) is 4.15. The van der Waals surface area contributed by atoms with Gasteiger partial charge in [0.25, 0.3) is 0 Å². The Kier molecular flexibility index (Phi) is 5.83. The number of nitrogens with one attached hydrogen (secondary N) is 1. The zero-order valence-electron chi connectivity index (χ0n) is 9.16. The van der Waals surface area contributed by atoms with E-state index >= 15 is 0 Å². The number of ether oxygens (including phenoxy) is 1. The summed E-state index contributed by atoms with van der Waals surface area (Å²) in [5.41, 5.74) is 1.15. The molecule has 0 aliphatic rings. The molecule has 1 atom stereocenters. The summed E-state index contributed by atoms with van der Waals surface area (Å²) in [6.45, 7) is 6.43.